The molecule has 20 heavy (non-hydrogen) atoms. The largest absolute Gasteiger partial charge is 0.493 e. The number of amides is 1. The lowest BCUT2D eigenvalue weighted by Crippen LogP contribution is -2.41. The minimum Gasteiger partial charge on any atom is -0.493 e. The van der Waals surface area contributed by atoms with E-state index >= 15 is 0 Å². The summed E-state index contributed by atoms with van der Waals surface area (Å²) in [6.45, 7) is 0.732. The van der Waals surface area contributed by atoms with Crippen LogP contribution >= 0.6 is 0 Å². The summed E-state index contributed by atoms with van der Waals surface area (Å²) in [4.78, 5) is 11.8. The van der Waals surface area contributed by atoms with Crippen molar-refractivity contribution >= 4 is 5.91 Å². The second kappa shape index (κ2) is 5.83. The number of hydrogen-bond acceptors (Lipinski definition) is 3. The molecule has 0 saturated heterocycles. The number of hydrogen-bond donors (Lipinski definition) is 2. The molecule has 1 amide bonds. The molecule has 1 aromatic rings. The fraction of sp³-hybridized carbons (Fsp3) is 0.562. The number of fused-ring (bicyclic) bond motifs is 1. The van der Waals surface area contributed by atoms with E-state index in [1.165, 1.54) is 24.8 Å². The number of rotatable bonds is 4. The summed E-state index contributed by atoms with van der Waals surface area (Å²) in [5, 5.41) is 3.45. The quantitative estimate of drug-likeness (QED) is 0.883. The Balaban J connectivity index is 1.77. The highest BCUT2D eigenvalue weighted by atomic mass is 16.5. The van der Waals surface area contributed by atoms with Gasteiger partial charge in [0, 0.05) is 12.5 Å². The van der Waals surface area contributed by atoms with Crippen LogP contribution in [0.4, 0.5) is 0 Å². The summed E-state index contributed by atoms with van der Waals surface area (Å²) in [5.74, 6) is 0.643. The van der Waals surface area contributed by atoms with Crippen LogP contribution in [0.5, 0.6) is 5.75 Å². The SMILES string of the molecule is NC(=O)C(NC1CCCCC1)c1ccc2c(c1)CCO2. The molecule has 1 atom stereocenters. The van der Waals surface area contributed by atoms with E-state index in [4.69, 9.17) is 10.5 Å². The van der Waals surface area contributed by atoms with Gasteiger partial charge in [0.05, 0.1) is 6.61 Å². The second-order valence-electron chi connectivity index (χ2n) is 5.80. The van der Waals surface area contributed by atoms with Crippen molar-refractivity contribution in [3.63, 3.8) is 0 Å². The van der Waals surface area contributed by atoms with Crippen molar-refractivity contribution in [2.24, 2.45) is 5.73 Å². The molecular weight excluding hydrogens is 252 g/mol. The van der Waals surface area contributed by atoms with Gasteiger partial charge >= 0.3 is 0 Å². The van der Waals surface area contributed by atoms with Crippen molar-refractivity contribution in [2.75, 3.05) is 6.61 Å². The van der Waals surface area contributed by atoms with E-state index in [9.17, 15) is 4.79 Å². The van der Waals surface area contributed by atoms with Crippen molar-refractivity contribution in [3.05, 3.63) is 29.3 Å². The van der Waals surface area contributed by atoms with Crippen LogP contribution in [0.3, 0.4) is 0 Å². The number of carbonyl (C=O) groups excluding carboxylic acids is 1. The smallest absolute Gasteiger partial charge is 0.239 e. The van der Waals surface area contributed by atoms with Crippen molar-refractivity contribution in [2.45, 2.75) is 50.6 Å². The number of primary amides is 1. The first-order valence-electron chi connectivity index (χ1n) is 7.55. The standard InChI is InChI=1S/C16H22N2O2/c17-16(19)15(18-13-4-2-1-3-5-13)12-6-7-14-11(10-12)8-9-20-14/h6-7,10,13,15,18H,1-5,8-9H2,(H2,17,19). The monoisotopic (exact) mass is 274 g/mol. The highest BCUT2D eigenvalue weighted by Crippen LogP contribution is 2.29. The lowest BCUT2D eigenvalue weighted by atomic mass is 9.93. The number of nitrogens with one attached hydrogen (secondary N) is 1. The molecule has 1 aliphatic heterocycles. The first kappa shape index (κ1) is 13.4. The third-order valence-corrected chi connectivity index (χ3v) is 4.34. The van der Waals surface area contributed by atoms with Gasteiger partial charge in [-0.05, 0) is 36.1 Å². The molecule has 108 valence electrons. The van der Waals surface area contributed by atoms with Crippen molar-refractivity contribution in [3.8, 4) is 5.75 Å². The molecule has 3 rings (SSSR count). The molecule has 4 heteroatoms. The van der Waals surface area contributed by atoms with Crippen LogP contribution in [0.2, 0.25) is 0 Å². The molecule has 1 unspecified atom stereocenters. The van der Waals surface area contributed by atoms with Crippen LogP contribution in [-0.4, -0.2) is 18.6 Å². The van der Waals surface area contributed by atoms with Crippen LogP contribution in [0, 0.1) is 0 Å². The summed E-state index contributed by atoms with van der Waals surface area (Å²) in [7, 11) is 0. The molecule has 0 spiro atoms. The number of nitrogens with two attached hydrogens (primary N) is 1. The predicted molar refractivity (Wildman–Crippen MR) is 77.6 cm³/mol. The van der Waals surface area contributed by atoms with E-state index in [1.807, 2.05) is 12.1 Å². The Morgan fingerprint density at radius 3 is 2.85 bits per heavy atom. The summed E-state index contributed by atoms with van der Waals surface area (Å²) in [6.07, 6.45) is 6.96. The van der Waals surface area contributed by atoms with Gasteiger partial charge in [-0.25, -0.2) is 0 Å². The van der Waals surface area contributed by atoms with Crippen LogP contribution in [0.25, 0.3) is 0 Å². The Labute approximate surface area is 119 Å². The lowest BCUT2D eigenvalue weighted by Gasteiger charge is -2.27. The normalized spacial score (nSPS) is 20.2. The zero-order valence-electron chi connectivity index (χ0n) is 11.7. The van der Waals surface area contributed by atoms with Crippen molar-refractivity contribution in [1.82, 2.24) is 5.32 Å². The number of carbonyl (C=O) groups is 1. The number of ether oxygens (including phenoxy) is 1. The fourth-order valence-electron chi connectivity index (χ4n) is 3.23. The maximum atomic E-state index is 11.8. The average Bonchev–Trinajstić information content (AvgIpc) is 2.93. The van der Waals surface area contributed by atoms with Crippen LogP contribution in [0.15, 0.2) is 18.2 Å². The minimum atomic E-state index is -0.385. The first-order valence-corrected chi connectivity index (χ1v) is 7.55. The zero-order chi connectivity index (χ0) is 13.9. The molecule has 2 aliphatic rings. The summed E-state index contributed by atoms with van der Waals surface area (Å²) in [6, 6.07) is 5.99. The fourth-order valence-corrected chi connectivity index (χ4v) is 3.23. The van der Waals surface area contributed by atoms with E-state index in [2.05, 4.69) is 11.4 Å². The maximum absolute atomic E-state index is 11.8. The van der Waals surface area contributed by atoms with Gasteiger partial charge in [-0.15, -0.1) is 0 Å². The van der Waals surface area contributed by atoms with Gasteiger partial charge in [-0.3, -0.25) is 10.1 Å². The van der Waals surface area contributed by atoms with Crippen LogP contribution in [0.1, 0.15) is 49.3 Å². The summed E-state index contributed by atoms with van der Waals surface area (Å²) >= 11 is 0. The molecule has 0 radical (unpaired) electrons. The Kier molecular flexibility index (Phi) is 3.92. The third kappa shape index (κ3) is 2.80. The van der Waals surface area contributed by atoms with E-state index in [-0.39, 0.29) is 11.9 Å². The maximum Gasteiger partial charge on any atom is 0.239 e. The number of benzene rings is 1. The molecule has 3 N–H and O–H groups in total. The molecule has 1 saturated carbocycles. The van der Waals surface area contributed by atoms with Crippen molar-refractivity contribution in [1.29, 1.82) is 0 Å². The van der Waals surface area contributed by atoms with E-state index in [1.54, 1.807) is 0 Å². The van der Waals surface area contributed by atoms with Gasteiger partial charge in [0.2, 0.25) is 5.91 Å². The highest BCUT2D eigenvalue weighted by molar-refractivity contribution is 5.81. The van der Waals surface area contributed by atoms with Crippen LogP contribution < -0.4 is 15.8 Å². The van der Waals surface area contributed by atoms with E-state index < -0.39 is 0 Å². The third-order valence-electron chi connectivity index (χ3n) is 4.34. The van der Waals surface area contributed by atoms with Crippen LogP contribution in [-0.2, 0) is 11.2 Å². The zero-order valence-corrected chi connectivity index (χ0v) is 11.7. The molecular formula is C16H22N2O2. The topological polar surface area (TPSA) is 64.4 Å². The molecule has 4 nitrogen and oxygen atoms in total. The van der Waals surface area contributed by atoms with Gasteiger partial charge in [-0.1, -0.05) is 25.3 Å². The van der Waals surface area contributed by atoms with Gasteiger partial charge in [0.15, 0.2) is 0 Å². The van der Waals surface area contributed by atoms with Gasteiger partial charge in [-0.2, -0.15) is 0 Å². The Morgan fingerprint density at radius 2 is 2.10 bits per heavy atom. The van der Waals surface area contributed by atoms with Gasteiger partial charge < -0.3 is 10.5 Å². The minimum absolute atomic E-state index is 0.297. The van der Waals surface area contributed by atoms with Gasteiger partial charge in [0.1, 0.15) is 11.8 Å². The molecule has 0 aromatic heterocycles. The average molecular weight is 274 g/mol. The van der Waals surface area contributed by atoms with E-state index in [0.29, 0.717) is 6.04 Å². The molecule has 1 aliphatic carbocycles. The van der Waals surface area contributed by atoms with E-state index in [0.717, 1.165) is 37.2 Å². The second-order valence-corrected chi connectivity index (χ2v) is 5.80. The van der Waals surface area contributed by atoms with Gasteiger partial charge in [0.25, 0.3) is 0 Å². The first-order chi connectivity index (χ1) is 9.74. The highest BCUT2D eigenvalue weighted by Gasteiger charge is 2.24. The molecule has 1 fully saturated rings. The summed E-state index contributed by atoms with van der Waals surface area (Å²) < 4.78 is 5.51. The Bertz CT molecular complexity index is 495. The van der Waals surface area contributed by atoms with Crippen molar-refractivity contribution < 1.29 is 9.53 Å². The molecule has 0 bridgehead atoms. The summed E-state index contributed by atoms with van der Waals surface area (Å²) in [5.41, 5.74) is 7.74. The molecule has 1 heterocycles. The lowest BCUT2D eigenvalue weighted by molar-refractivity contribution is -0.120. The Hall–Kier alpha value is -1.55. The molecule has 1 aromatic carbocycles. The Morgan fingerprint density at radius 1 is 1.30 bits per heavy atom. The predicted octanol–water partition coefficient (Wildman–Crippen LogP) is 2.07.